The molecule has 0 aromatic heterocycles. The average Bonchev–Trinajstić information content (AvgIpc) is 2.43. The number of benzene rings is 2. The molecule has 0 spiro atoms. The van der Waals surface area contributed by atoms with E-state index in [0.29, 0.717) is 17.9 Å². The molecule has 2 aromatic rings. The lowest BCUT2D eigenvalue weighted by Crippen LogP contribution is -2.07. The van der Waals surface area contributed by atoms with E-state index in [2.05, 4.69) is 0 Å². The summed E-state index contributed by atoms with van der Waals surface area (Å²) in [6.45, 7) is 0.621. The van der Waals surface area contributed by atoms with E-state index in [1.807, 2.05) is 30.3 Å². The normalized spacial score (nSPS) is 11.8. The van der Waals surface area contributed by atoms with Crippen molar-refractivity contribution in [3.8, 4) is 0 Å². The van der Waals surface area contributed by atoms with Crippen LogP contribution in [0.4, 0.5) is 0 Å². The second-order valence-corrected chi connectivity index (χ2v) is 6.79. The van der Waals surface area contributed by atoms with Crippen LogP contribution >= 0.6 is 0 Å². The van der Waals surface area contributed by atoms with Crippen LogP contribution in [0.3, 0.4) is 0 Å². The van der Waals surface area contributed by atoms with Crippen LogP contribution in [0.15, 0.2) is 47.4 Å². The molecule has 2 rings (SSSR count). The Morgan fingerprint density at radius 2 is 1.63 bits per heavy atom. The molecular weight excluding hydrogens is 258 g/mol. The molecular formula is C15H19NO2S. The number of hydrogen-bond donors (Lipinski definition) is 1. The van der Waals surface area contributed by atoms with E-state index in [1.165, 1.54) is 0 Å². The van der Waals surface area contributed by atoms with Crippen molar-refractivity contribution < 1.29 is 8.42 Å². The maximum Gasteiger partial charge on any atom is 0.178 e. The molecule has 0 amide bonds. The molecule has 0 aliphatic heterocycles. The monoisotopic (exact) mass is 277 g/mol. The second-order valence-electron chi connectivity index (χ2n) is 4.68. The van der Waals surface area contributed by atoms with Gasteiger partial charge in [0, 0.05) is 0 Å². The van der Waals surface area contributed by atoms with Gasteiger partial charge in [0.1, 0.15) is 0 Å². The molecule has 0 bridgehead atoms. The van der Waals surface area contributed by atoms with E-state index in [0.717, 1.165) is 23.6 Å². The fourth-order valence-corrected chi connectivity index (χ4v) is 3.49. The molecule has 2 aromatic carbocycles. The zero-order chi connectivity index (χ0) is 13.7. The molecule has 0 atom stereocenters. The van der Waals surface area contributed by atoms with Gasteiger partial charge in [0.25, 0.3) is 0 Å². The lowest BCUT2D eigenvalue weighted by molar-refractivity contribution is 0.590. The fraction of sp³-hybridized carbons (Fsp3) is 0.333. The largest absolute Gasteiger partial charge is 0.330 e. The molecule has 19 heavy (non-hydrogen) atoms. The minimum absolute atomic E-state index is 0.200. The molecule has 4 heteroatoms. The Bertz CT molecular complexity index is 650. The van der Waals surface area contributed by atoms with Gasteiger partial charge in [-0.25, -0.2) is 8.42 Å². The van der Waals surface area contributed by atoms with Gasteiger partial charge in [0.15, 0.2) is 9.84 Å². The number of fused-ring (bicyclic) bond motifs is 1. The average molecular weight is 277 g/mol. The van der Waals surface area contributed by atoms with E-state index < -0.39 is 9.84 Å². The Morgan fingerprint density at radius 3 is 2.37 bits per heavy atom. The maximum atomic E-state index is 12.2. The van der Waals surface area contributed by atoms with Gasteiger partial charge in [-0.1, -0.05) is 36.8 Å². The summed E-state index contributed by atoms with van der Waals surface area (Å²) < 4.78 is 24.4. The molecule has 0 aliphatic rings. The van der Waals surface area contributed by atoms with E-state index in [9.17, 15) is 8.42 Å². The van der Waals surface area contributed by atoms with E-state index >= 15 is 0 Å². The number of unbranched alkanes of at least 4 members (excludes halogenated alkanes) is 2. The minimum Gasteiger partial charge on any atom is -0.330 e. The summed E-state index contributed by atoms with van der Waals surface area (Å²) in [7, 11) is -3.17. The molecule has 0 fully saturated rings. The standard InChI is InChI=1S/C15H19NO2S/c16-10-4-1-5-11-19(17,18)15-9-8-13-6-2-3-7-14(13)12-15/h2-3,6-9,12H,1,4-5,10-11,16H2. The van der Waals surface area contributed by atoms with Gasteiger partial charge in [-0.3, -0.25) is 0 Å². The molecule has 0 radical (unpaired) electrons. The molecule has 102 valence electrons. The number of rotatable bonds is 6. The summed E-state index contributed by atoms with van der Waals surface area (Å²) in [6, 6.07) is 13.1. The van der Waals surface area contributed by atoms with Crippen LogP contribution in [0.2, 0.25) is 0 Å². The SMILES string of the molecule is NCCCCCS(=O)(=O)c1ccc2ccccc2c1. The molecule has 0 heterocycles. The third-order valence-corrected chi connectivity index (χ3v) is 5.00. The van der Waals surface area contributed by atoms with Gasteiger partial charge in [-0.2, -0.15) is 0 Å². The Kier molecular flexibility index (Phi) is 4.56. The van der Waals surface area contributed by atoms with Crippen molar-refractivity contribution >= 4 is 20.6 Å². The van der Waals surface area contributed by atoms with Crippen molar-refractivity contribution in [1.29, 1.82) is 0 Å². The zero-order valence-corrected chi connectivity index (χ0v) is 11.7. The third kappa shape index (κ3) is 3.55. The Balaban J connectivity index is 2.18. The van der Waals surface area contributed by atoms with E-state index in [-0.39, 0.29) is 5.75 Å². The topological polar surface area (TPSA) is 60.2 Å². The smallest absolute Gasteiger partial charge is 0.178 e. The molecule has 0 aliphatic carbocycles. The quantitative estimate of drug-likeness (QED) is 0.826. The molecule has 3 nitrogen and oxygen atoms in total. The van der Waals surface area contributed by atoms with Crippen molar-refractivity contribution in [3.05, 3.63) is 42.5 Å². The van der Waals surface area contributed by atoms with Gasteiger partial charge in [0.2, 0.25) is 0 Å². The fourth-order valence-electron chi connectivity index (χ4n) is 2.09. The summed E-state index contributed by atoms with van der Waals surface area (Å²) in [5, 5.41) is 2.02. The molecule has 2 N–H and O–H groups in total. The predicted molar refractivity (Wildman–Crippen MR) is 78.9 cm³/mol. The minimum atomic E-state index is -3.17. The van der Waals surface area contributed by atoms with Gasteiger partial charge < -0.3 is 5.73 Å². The van der Waals surface area contributed by atoms with Crippen LogP contribution < -0.4 is 5.73 Å². The molecule has 0 saturated heterocycles. The summed E-state index contributed by atoms with van der Waals surface area (Å²) in [5.41, 5.74) is 5.40. The van der Waals surface area contributed by atoms with E-state index in [4.69, 9.17) is 5.73 Å². The zero-order valence-electron chi connectivity index (χ0n) is 10.9. The lowest BCUT2D eigenvalue weighted by Gasteiger charge is -2.06. The van der Waals surface area contributed by atoms with Crippen molar-refractivity contribution in [3.63, 3.8) is 0 Å². The van der Waals surface area contributed by atoms with Crippen LogP contribution in [0.5, 0.6) is 0 Å². The predicted octanol–water partition coefficient (Wildman–Crippen LogP) is 2.74. The highest BCUT2D eigenvalue weighted by Crippen LogP contribution is 2.20. The van der Waals surface area contributed by atoms with Crippen molar-refractivity contribution in [2.24, 2.45) is 5.73 Å². The van der Waals surface area contributed by atoms with Crippen molar-refractivity contribution in [2.45, 2.75) is 24.2 Å². The first kappa shape index (κ1) is 14.0. The summed E-state index contributed by atoms with van der Waals surface area (Å²) in [6.07, 6.45) is 2.42. The first-order valence-corrected chi connectivity index (χ1v) is 8.20. The Labute approximate surface area is 114 Å². The van der Waals surface area contributed by atoms with Gasteiger partial charge >= 0.3 is 0 Å². The molecule has 0 unspecified atom stereocenters. The Hall–Kier alpha value is -1.39. The first-order chi connectivity index (χ1) is 9.13. The number of sulfone groups is 1. The first-order valence-electron chi connectivity index (χ1n) is 6.55. The van der Waals surface area contributed by atoms with Crippen molar-refractivity contribution in [2.75, 3.05) is 12.3 Å². The van der Waals surface area contributed by atoms with Crippen LogP contribution in [-0.2, 0) is 9.84 Å². The summed E-state index contributed by atoms with van der Waals surface area (Å²) in [4.78, 5) is 0.416. The van der Waals surface area contributed by atoms with Crippen LogP contribution in [-0.4, -0.2) is 20.7 Å². The lowest BCUT2D eigenvalue weighted by atomic mass is 10.1. The van der Waals surface area contributed by atoms with Gasteiger partial charge in [0.05, 0.1) is 10.6 Å². The van der Waals surface area contributed by atoms with Crippen LogP contribution in [0.1, 0.15) is 19.3 Å². The Morgan fingerprint density at radius 1 is 0.895 bits per heavy atom. The molecule has 0 saturated carbocycles. The number of nitrogens with two attached hydrogens (primary N) is 1. The van der Waals surface area contributed by atoms with Crippen LogP contribution in [0.25, 0.3) is 10.8 Å². The van der Waals surface area contributed by atoms with E-state index in [1.54, 1.807) is 12.1 Å². The number of hydrogen-bond acceptors (Lipinski definition) is 3. The third-order valence-electron chi connectivity index (χ3n) is 3.20. The highest BCUT2D eigenvalue weighted by Gasteiger charge is 2.14. The second kappa shape index (κ2) is 6.17. The highest BCUT2D eigenvalue weighted by atomic mass is 32.2. The van der Waals surface area contributed by atoms with Gasteiger partial charge in [-0.05, 0) is 42.3 Å². The van der Waals surface area contributed by atoms with Crippen LogP contribution in [0, 0.1) is 0 Å². The maximum absolute atomic E-state index is 12.2. The summed E-state index contributed by atoms with van der Waals surface area (Å²) in [5.74, 6) is 0.200. The van der Waals surface area contributed by atoms with Crippen molar-refractivity contribution in [1.82, 2.24) is 0 Å². The summed E-state index contributed by atoms with van der Waals surface area (Å²) >= 11 is 0. The van der Waals surface area contributed by atoms with Gasteiger partial charge in [-0.15, -0.1) is 0 Å². The highest BCUT2D eigenvalue weighted by molar-refractivity contribution is 7.91.